The van der Waals surface area contributed by atoms with Crippen molar-refractivity contribution in [1.82, 2.24) is 5.32 Å². The van der Waals surface area contributed by atoms with E-state index in [9.17, 15) is 9.59 Å². The van der Waals surface area contributed by atoms with Crippen molar-refractivity contribution in [3.63, 3.8) is 0 Å². The molecule has 4 nitrogen and oxygen atoms in total. The molecule has 23 heavy (non-hydrogen) atoms. The smallest absolute Gasteiger partial charge is 0.328 e. The Balaban J connectivity index is 2.51. The summed E-state index contributed by atoms with van der Waals surface area (Å²) in [6.45, 7) is 6.39. The third-order valence-corrected chi connectivity index (χ3v) is 3.56. The van der Waals surface area contributed by atoms with E-state index in [0.29, 0.717) is 18.8 Å². The van der Waals surface area contributed by atoms with Gasteiger partial charge in [-0.3, -0.25) is 4.79 Å². The van der Waals surface area contributed by atoms with E-state index in [0.717, 1.165) is 24.8 Å². The van der Waals surface area contributed by atoms with Crippen LogP contribution in [-0.4, -0.2) is 17.9 Å². The maximum Gasteiger partial charge on any atom is 0.328 e. The third kappa shape index (κ3) is 8.38. The van der Waals surface area contributed by atoms with Gasteiger partial charge in [0.2, 0.25) is 5.91 Å². The first kappa shape index (κ1) is 19.2. The van der Waals surface area contributed by atoms with Crippen LogP contribution in [0, 0.1) is 5.92 Å². The van der Waals surface area contributed by atoms with E-state index in [1.165, 1.54) is 0 Å². The van der Waals surface area contributed by atoms with Gasteiger partial charge < -0.3 is 10.1 Å². The minimum Gasteiger partial charge on any atom is -0.459 e. The van der Waals surface area contributed by atoms with E-state index >= 15 is 0 Å². The van der Waals surface area contributed by atoms with Crippen LogP contribution in [0.3, 0.4) is 0 Å². The number of benzene rings is 1. The lowest BCUT2D eigenvalue weighted by molar-refractivity contribution is -0.149. The van der Waals surface area contributed by atoms with Crippen molar-refractivity contribution in [3.05, 3.63) is 35.9 Å². The van der Waals surface area contributed by atoms with Crippen LogP contribution in [0.15, 0.2) is 30.3 Å². The predicted molar refractivity (Wildman–Crippen MR) is 91.8 cm³/mol. The zero-order chi connectivity index (χ0) is 17.1. The number of esters is 1. The lowest BCUT2D eigenvalue weighted by Crippen LogP contribution is -2.42. The topological polar surface area (TPSA) is 55.4 Å². The van der Waals surface area contributed by atoms with Crippen LogP contribution in [0.1, 0.15) is 58.4 Å². The second-order valence-corrected chi connectivity index (χ2v) is 6.30. The molecule has 1 rings (SSSR count). The third-order valence-electron chi connectivity index (χ3n) is 3.56. The van der Waals surface area contributed by atoms with E-state index in [4.69, 9.17) is 4.74 Å². The van der Waals surface area contributed by atoms with E-state index in [1.807, 2.05) is 44.2 Å². The van der Waals surface area contributed by atoms with Crippen molar-refractivity contribution in [2.75, 3.05) is 0 Å². The van der Waals surface area contributed by atoms with Crippen LogP contribution in [-0.2, 0) is 20.9 Å². The van der Waals surface area contributed by atoms with Crippen molar-refractivity contribution >= 4 is 11.9 Å². The average Bonchev–Trinajstić information content (AvgIpc) is 2.53. The van der Waals surface area contributed by atoms with Gasteiger partial charge in [-0.25, -0.2) is 4.79 Å². The van der Waals surface area contributed by atoms with Gasteiger partial charge in [0.15, 0.2) is 0 Å². The summed E-state index contributed by atoms with van der Waals surface area (Å²) in [5.41, 5.74) is 0.943. The van der Waals surface area contributed by atoms with E-state index in [1.54, 1.807) is 0 Å². The monoisotopic (exact) mass is 319 g/mol. The molecule has 0 heterocycles. The van der Waals surface area contributed by atoms with Gasteiger partial charge in [-0.05, 0) is 24.3 Å². The highest BCUT2D eigenvalue weighted by molar-refractivity contribution is 5.84. The minimum atomic E-state index is -0.562. The van der Waals surface area contributed by atoms with Crippen LogP contribution < -0.4 is 5.32 Å². The highest BCUT2D eigenvalue weighted by Crippen LogP contribution is 2.09. The van der Waals surface area contributed by atoms with Crippen LogP contribution in [0.2, 0.25) is 0 Å². The highest BCUT2D eigenvalue weighted by atomic mass is 16.5. The molecule has 0 saturated carbocycles. The molecule has 1 atom stereocenters. The first-order valence-corrected chi connectivity index (χ1v) is 8.52. The Hall–Kier alpha value is -1.84. The molecule has 0 aliphatic rings. The molecule has 128 valence electrons. The quantitative estimate of drug-likeness (QED) is 0.526. The van der Waals surface area contributed by atoms with Gasteiger partial charge in [-0.1, -0.05) is 63.9 Å². The van der Waals surface area contributed by atoms with E-state index in [2.05, 4.69) is 12.2 Å². The Morgan fingerprint density at radius 1 is 1.13 bits per heavy atom. The molecule has 1 aromatic rings. The van der Waals surface area contributed by atoms with Crippen LogP contribution in [0.25, 0.3) is 0 Å². The number of nitrogens with one attached hydrogen (secondary N) is 1. The number of hydrogen-bond donors (Lipinski definition) is 1. The maximum absolute atomic E-state index is 12.3. The molecule has 0 spiro atoms. The van der Waals surface area contributed by atoms with Crippen LogP contribution >= 0.6 is 0 Å². The van der Waals surface area contributed by atoms with Gasteiger partial charge in [-0.15, -0.1) is 0 Å². The number of amides is 1. The number of unbranched alkanes of at least 4 members (excludes halogenated alkanes) is 2. The summed E-state index contributed by atoms with van der Waals surface area (Å²) in [4.78, 5) is 24.3. The van der Waals surface area contributed by atoms with Gasteiger partial charge in [0.1, 0.15) is 12.6 Å². The molecule has 1 aromatic carbocycles. The van der Waals surface area contributed by atoms with Crippen molar-refractivity contribution in [2.45, 2.75) is 65.5 Å². The van der Waals surface area contributed by atoms with Gasteiger partial charge in [-0.2, -0.15) is 0 Å². The molecule has 1 N–H and O–H groups in total. The Morgan fingerprint density at radius 2 is 1.83 bits per heavy atom. The fraction of sp³-hybridized carbons (Fsp3) is 0.579. The molecule has 0 radical (unpaired) electrons. The maximum atomic E-state index is 12.3. The summed E-state index contributed by atoms with van der Waals surface area (Å²) in [6.07, 6.45) is 4.01. The Bertz CT molecular complexity index is 471. The highest BCUT2D eigenvalue weighted by Gasteiger charge is 2.23. The largest absolute Gasteiger partial charge is 0.459 e. The number of hydrogen-bond acceptors (Lipinski definition) is 3. The molecule has 0 fully saturated rings. The number of carbonyl (C=O) groups is 2. The van der Waals surface area contributed by atoms with Crippen molar-refractivity contribution in [2.24, 2.45) is 5.92 Å². The number of rotatable bonds is 10. The second-order valence-electron chi connectivity index (χ2n) is 6.30. The fourth-order valence-electron chi connectivity index (χ4n) is 2.32. The molecule has 0 aliphatic heterocycles. The van der Waals surface area contributed by atoms with Crippen molar-refractivity contribution in [1.29, 1.82) is 0 Å². The normalized spacial score (nSPS) is 12.0. The van der Waals surface area contributed by atoms with E-state index < -0.39 is 6.04 Å². The second kappa shape index (κ2) is 10.8. The molecule has 1 unspecified atom stereocenters. The predicted octanol–water partition coefficient (Wildman–Crippen LogP) is 3.84. The van der Waals surface area contributed by atoms with Gasteiger partial charge in [0.25, 0.3) is 0 Å². The number of ether oxygens (including phenoxy) is 1. The summed E-state index contributed by atoms with van der Waals surface area (Å²) in [6, 6.07) is 8.99. The first-order chi connectivity index (χ1) is 11.0. The zero-order valence-corrected chi connectivity index (χ0v) is 14.5. The molecular formula is C19H29NO3. The zero-order valence-electron chi connectivity index (χ0n) is 14.5. The summed E-state index contributed by atoms with van der Waals surface area (Å²) in [5.74, 6) is -0.118. The molecule has 0 bridgehead atoms. The Kier molecular flexibility index (Phi) is 9.03. The van der Waals surface area contributed by atoms with Gasteiger partial charge >= 0.3 is 5.97 Å². The average molecular weight is 319 g/mol. The Labute approximate surface area is 139 Å². The molecule has 1 amide bonds. The Morgan fingerprint density at radius 3 is 2.43 bits per heavy atom. The van der Waals surface area contributed by atoms with Crippen LogP contribution in [0.5, 0.6) is 0 Å². The minimum absolute atomic E-state index is 0.0687. The van der Waals surface area contributed by atoms with Crippen LogP contribution in [0.4, 0.5) is 0 Å². The van der Waals surface area contributed by atoms with Crippen molar-refractivity contribution < 1.29 is 14.3 Å². The summed E-state index contributed by atoms with van der Waals surface area (Å²) < 4.78 is 5.36. The fourth-order valence-corrected chi connectivity index (χ4v) is 2.32. The molecular weight excluding hydrogens is 290 g/mol. The molecule has 0 aromatic heterocycles. The van der Waals surface area contributed by atoms with Gasteiger partial charge in [0.05, 0.1) is 0 Å². The molecule has 0 aliphatic carbocycles. The summed E-state index contributed by atoms with van der Waals surface area (Å²) in [7, 11) is 0. The van der Waals surface area contributed by atoms with Gasteiger partial charge in [0, 0.05) is 6.42 Å². The van der Waals surface area contributed by atoms with E-state index in [-0.39, 0.29) is 18.5 Å². The standard InChI is InChI=1S/C19H29NO3/c1-4-5-7-12-18(21)20-17(13-15(2)3)19(22)23-14-16-10-8-6-9-11-16/h6,8-11,15,17H,4-5,7,12-14H2,1-3H3,(H,20,21). The first-order valence-electron chi connectivity index (χ1n) is 8.52. The summed E-state index contributed by atoms with van der Waals surface area (Å²) in [5, 5.41) is 2.83. The lowest BCUT2D eigenvalue weighted by Gasteiger charge is -2.19. The molecule has 0 saturated heterocycles. The summed E-state index contributed by atoms with van der Waals surface area (Å²) >= 11 is 0. The molecule has 4 heteroatoms. The SMILES string of the molecule is CCCCCC(=O)NC(CC(C)C)C(=O)OCc1ccccc1. The number of carbonyl (C=O) groups excluding carboxylic acids is 2. The van der Waals surface area contributed by atoms with Crippen molar-refractivity contribution in [3.8, 4) is 0 Å². The lowest BCUT2D eigenvalue weighted by atomic mass is 10.0.